The number of carbonyl (C=O) groups is 7. The first-order valence-electron chi connectivity index (χ1n) is 15.7. The van der Waals surface area contributed by atoms with Gasteiger partial charge < -0.3 is 30.1 Å². The number of Topliss-reactive ketones (excluding diaryl/α,β-unsaturated/α-hetero) is 2. The lowest BCUT2D eigenvalue weighted by atomic mass is 9.43. The van der Waals surface area contributed by atoms with E-state index in [-0.39, 0.29) is 24.3 Å². The monoisotopic (exact) mass is 687 g/mol. The molecule has 0 bridgehead atoms. The molecular weight excluding hydrogens is 646 g/mol. The third-order valence-electron chi connectivity index (χ3n) is 10.2. The highest BCUT2D eigenvalue weighted by atomic mass is 32.2. The topological polar surface area (TPSA) is 211 Å². The molecule has 11 atom stereocenters. The number of amides is 1. The van der Waals surface area contributed by atoms with Gasteiger partial charge in [0.25, 0.3) is 0 Å². The number of cyclic esters (lactones) is 1. The molecule has 1 aliphatic heterocycles. The minimum Gasteiger partial charge on any atom is -0.480 e. The molecule has 0 aromatic heterocycles. The Morgan fingerprint density at radius 2 is 1.77 bits per heavy atom. The van der Waals surface area contributed by atoms with E-state index in [1.807, 2.05) is 12.2 Å². The van der Waals surface area contributed by atoms with Gasteiger partial charge in [0.2, 0.25) is 5.91 Å². The van der Waals surface area contributed by atoms with E-state index >= 15 is 4.79 Å². The van der Waals surface area contributed by atoms with Crippen molar-refractivity contribution in [2.24, 2.45) is 40.4 Å². The number of fused-ring (bicyclic) bond motifs is 3. The van der Waals surface area contributed by atoms with Crippen molar-refractivity contribution in [1.82, 2.24) is 5.32 Å². The zero-order chi connectivity index (χ0) is 35.6. The molecule has 4 rings (SSSR count). The van der Waals surface area contributed by atoms with E-state index in [1.54, 1.807) is 19.9 Å². The molecule has 3 fully saturated rings. The van der Waals surface area contributed by atoms with Crippen LogP contribution in [0.3, 0.4) is 0 Å². The zero-order valence-electron chi connectivity index (χ0n) is 27.1. The fourth-order valence-corrected chi connectivity index (χ4v) is 8.84. The lowest BCUT2D eigenvalue weighted by Crippen LogP contribution is -2.66. The number of hydrogen-bond donors (Lipinski definition) is 4. The van der Waals surface area contributed by atoms with E-state index in [9.17, 15) is 39.0 Å². The van der Waals surface area contributed by atoms with Crippen LogP contribution in [-0.4, -0.2) is 92.5 Å². The van der Waals surface area contributed by atoms with E-state index in [1.165, 1.54) is 38.2 Å². The van der Waals surface area contributed by atoms with Crippen LogP contribution in [0.2, 0.25) is 0 Å². The summed E-state index contributed by atoms with van der Waals surface area (Å²) in [6.07, 6.45) is 9.35. The van der Waals surface area contributed by atoms with Gasteiger partial charge in [-0.1, -0.05) is 56.4 Å². The number of ketones is 2. The van der Waals surface area contributed by atoms with Crippen LogP contribution in [0.15, 0.2) is 48.6 Å². The highest BCUT2D eigenvalue weighted by Crippen LogP contribution is 2.62. The number of esters is 2. The Bertz CT molecular complexity index is 1480. The van der Waals surface area contributed by atoms with Crippen LogP contribution in [0.25, 0.3) is 0 Å². The van der Waals surface area contributed by atoms with Crippen LogP contribution < -0.4 is 5.32 Å². The standard InChI is InChI=1S/C34H41NO12S/c1-17-25(46-19(3)37)14-23-22(28(17)40)12-11-20-13-21(9-7-5-6-8-10-27(38)39)34(31(44)33(20,23)4)29(41)26(47-32(34)45)16-48-15-24(30(42)43)35-18(2)36/h5-12,17,20-26,28,40H,13-16H2,1-4H3,(H,35,36)(H,38,39)(H,42,43)/t17-,20-,21+,22+,23-,24+,25+,26-,28+,33-,34-/m0/s1. The van der Waals surface area contributed by atoms with E-state index in [2.05, 4.69) is 5.32 Å². The molecule has 13 nitrogen and oxygen atoms in total. The highest BCUT2D eigenvalue weighted by molar-refractivity contribution is 7.99. The predicted octanol–water partition coefficient (Wildman–Crippen LogP) is 1.89. The molecule has 0 radical (unpaired) electrons. The summed E-state index contributed by atoms with van der Waals surface area (Å²) in [6, 6.07) is -1.25. The summed E-state index contributed by atoms with van der Waals surface area (Å²) in [7, 11) is 0. The van der Waals surface area contributed by atoms with Gasteiger partial charge in [-0.05, 0) is 24.7 Å². The molecule has 0 aromatic carbocycles. The number of ether oxygens (including phenoxy) is 2. The van der Waals surface area contributed by atoms with Crippen LogP contribution in [0.4, 0.5) is 0 Å². The Balaban J connectivity index is 1.72. The summed E-state index contributed by atoms with van der Waals surface area (Å²) < 4.78 is 11.2. The Morgan fingerprint density at radius 1 is 1.08 bits per heavy atom. The smallest absolute Gasteiger partial charge is 0.328 e. The minimum atomic E-state index is -2.25. The second-order valence-electron chi connectivity index (χ2n) is 13.0. The first-order chi connectivity index (χ1) is 22.6. The van der Waals surface area contributed by atoms with E-state index in [4.69, 9.17) is 14.6 Å². The molecule has 1 spiro atoms. The number of nitrogens with one attached hydrogen (secondary N) is 1. The summed E-state index contributed by atoms with van der Waals surface area (Å²) in [6.45, 7) is 5.90. The number of allylic oxidation sites excluding steroid dienone is 6. The van der Waals surface area contributed by atoms with Crippen molar-refractivity contribution < 1.29 is 58.4 Å². The van der Waals surface area contributed by atoms with Crippen molar-refractivity contribution in [3.63, 3.8) is 0 Å². The van der Waals surface area contributed by atoms with Crippen LogP contribution in [0.5, 0.6) is 0 Å². The van der Waals surface area contributed by atoms with E-state index < -0.39 is 106 Å². The largest absolute Gasteiger partial charge is 0.480 e. The predicted molar refractivity (Wildman–Crippen MR) is 171 cm³/mol. The second-order valence-corrected chi connectivity index (χ2v) is 14.1. The number of thioether (sulfide) groups is 1. The number of carboxylic acids is 2. The SMILES string of the molecule is CC(=O)N[C@H](CSC[C@@H]1OC(=O)[C@@]2(C1=O)C(=O)[C@@]1(C)[C@@H](C=C[C@H]3[C@H](O)[C@@H](C)[C@H](OC(C)=O)C[C@@H]31)C[C@H]2C=CC=CC=CC(=O)O)C(=O)O. The van der Waals surface area contributed by atoms with Crippen LogP contribution >= 0.6 is 11.8 Å². The fraction of sp³-hybridized carbons (Fsp3) is 0.559. The second kappa shape index (κ2) is 14.6. The Hall–Kier alpha value is -4.04. The summed E-state index contributed by atoms with van der Waals surface area (Å²) in [4.78, 5) is 89.2. The summed E-state index contributed by atoms with van der Waals surface area (Å²) >= 11 is 0.978. The number of aliphatic hydroxyl groups excluding tert-OH is 1. The number of hydrogen-bond acceptors (Lipinski definition) is 11. The molecule has 2 saturated carbocycles. The normalized spacial score (nSPS) is 36.6. The van der Waals surface area contributed by atoms with Gasteiger partial charge in [0.1, 0.15) is 12.1 Å². The lowest BCUT2D eigenvalue weighted by Gasteiger charge is -2.58. The first kappa shape index (κ1) is 36.8. The molecule has 48 heavy (non-hydrogen) atoms. The van der Waals surface area contributed by atoms with Crippen molar-refractivity contribution in [2.45, 2.75) is 64.9 Å². The average molecular weight is 688 g/mol. The first-order valence-corrected chi connectivity index (χ1v) is 16.9. The molecular formula is C34H41NO12S. The van der Waals surface area contributed by atoms with Crippen molar-refractivity contribution in [1.29, 1.82) is 0 Å². The maximum absolute atomic E-state index is 15.1. The van der Waals surface area contributed by atoms with Gasteiger partial charge in [-0.2, -0.15) is 11.8 Å². The number of carboxylic acid groups (broad SMARTS) is 2. The fourth-order valence-electron chi connectivity index (χ4n) is 7.81. The molecule has 0 aromatic rings. The number of carbonyl (C=O) groups excluding carboxylic acids is 5. The van der Waals surface area contributed by atoms with Gasteiger partial charge in [0.05, 0.1) is 6.10 Å². The lowest BCUT2D eigenvalue weighted by molar-refractivity contribution is -0.180. The molecule has 0 unspecified atom stereocenters. The summed E-state index contributed by atoms with van der Waals surface area (Å²) in [5.74, 6) is -9.15. The number of rotatable bonds is 11. The summed E-state index contributed by atoms with van der Waals surface area (Å²) in [5, 5.41) is 31.9. The van der Waals surface area contributed by atoms with E-state index in [0.29, 0.717) is 0 Å². The zero-order valence-corrected chi connectivity index (χ0v) is 27.9. The molecule has 14 heteroatoms. The van der Waals surface area contributed by atoms with Gasteiger partial charge >= 0.3 is 23.9 Å². The van der Waals surface area contributed by atoms with Gasteiger partial charge in [0.15, 0.2) is 23.1 Å². The Kier molecular flexibility index (Phi) is 11.2. The molecule has 1 saturated heterocycles. The van der Waals surface area contributed by atoms with Crippen LogP contribution in [0.1, 0.15) is 40.5 Å². The molecule has 4 aliphatic rings. The van der Waals surface area contributed by atoms with Crippen molar-refractivity contribution >= 4 is 53.1 Å². The minimum absolute atomic E-state index is 0.128. The maximum Gasteiger partial charge on any atom is 0.328 e. The van der Waals surface area contributed by atoms with Crippen molar-refractivity contribution in [2.75, 3.05) is 11.5 Å². The number of aliphatic carboxylic acids is 2. The molecule has 1 heterocycles. The molecule has 3 aliphatic carbocycles. The van der Waals surface area contributed by atoms with Gasteiger partial charge in [-0.25, -0.2) is 9.59 Å². The number of aliphatic hydroxyl groups is 1. The van der Waals surface area contributed by atoms with E-state index in [0.717, 1.165) is 17.8 Å². The summed E-state index contributed by atoms with van der Waals surface area (Å²) in [5.41, 5.74) is -3.58. The van der Waals surface area contributed by atoms with Gasteiger partial charge in [-0.15, -0.1) is 0 Å². The molecule has 4 N–H and O–H groups in total. The Labute approximate surface area is 281 Å². The van der Waals surface area contributed by atoms with Crippen molar-refractivity contribution in [3.05, 3.63) is 48.6 Å². The molecule has 260 valence electrons. The Morgan fingerprint density at radius 3 is 2.40 bits per heavy atom. The van der Waals surface area contributed by atoms with Crippen LogP contribution in [0, 0.1) is 40.4 Å². The van der Waals surface area contributed by atoms with Crippen LogP contribution in [-0.2, 0) is 43.0 Å². The highest BCUT2D eigenvalue weighted by Gasteiger charge is 2.74. The molecule has 1 amide bonds. The van der Waals surface area contributed by atoms with Gasteiger partial charge in [0, 0.05) is 54.6 Å². The van der Waals surface area contributed by atoms with Gasteiger partial charge in [-0.3, -0.25) is 24.0 Å². The average Bonchev–Trinajstić information content (AvgIpc) is 3.25. The quantitative estimate of drug-likeness (QED) is 0.0805. The maximum atomic E-state index is 15.1. The van der Waals surface area contributed by atoms with Crippen molar-refractivity contribution in [3.8, 4) is 0 Å². The third kappa shape index (κ3) is 6.77. The third-order valence-corrected chi connectivity index (χ3v) is 11.3.